The summed E-state index contributed by atoms with van der Waals surface area (Å²) in [6.45, 7) is 3.81. The second-order valence-electron chi connectivity index (χ2n) is 6.11. The number of anilines is 1. The summed E-state index contributed by atoms with van der Waals surface area (Å²) in [6.07, 6.45) is -0.0956. The third-order valence-electron chi connectivity index (χ3n) is 4.55. The maximum absolute atomic E-state index is 11.9. The second-order valence-corrected chi connectivity index (χ2v) is 6.11. The van der Waals surface area contributed by atoms with Crippen LogP contribution >= 0.6 is 0 Å². The van der Waals surface area contributed by atoms with Gasteiger partial charge in [0.05, 0.1) is 18.6 Å². The summed E-state index contributed by atoms with van der Waals surface area (Å²) in [7, 11) is 1.21. The molecule has 0 amide bonds. The molecule has 0 aliphatic carbocycles. The number of ether oxygens (including phenoxy) is 2. The van der Waals surface area contributed by atoms with Crippen LogP contribution in [-0.2, 0) is 9.47 Å². The molecule has 0 N–H and O–H groups in total. The number of nitro groups is 1. The van der Waals surface area contributed by atoms with Crippen molar-refractivity contribution in [2.24, 2.45) is 0 Å². The van der Waals surface area contributed by atoms with E-state index in [4.69, 9.17) is 4.74 Å². The van der Waals surface area contributed by atoms with Gasteiger partial charge in [0.15, 0.2) is 0 Å². The molecule has 1 atom stereocenters. The third kappa shape index (κ3) is 3.52. The van der Waals surface area contributed by atoms with Gasteiger partial charge in [-0.15, -0.1) is 0 Å². The minimum Gasteiger partial charge on any atom is -0.465 e. The molecule has 26 heavy (non-hydrogen) atoms. The average Bonchev–Trinajstić information content (AvgIpc) is 2.67. The zero-order valence-electron chi connectivity index (χ0n) is 14.7. The molecule has 3 rings (SSSR count). The summed E-state index contributed by atoms with van der Waals surface area (Å²) in [5.74, 6) is -0.720. The van der Waals surface area contributed by atoms with Crippen LogP contribution in [0.3, 0.4) is 0 Å². The maximum Gasteiger partial charge on any atom is 0.344 e. The summed E-state index contributed by atoms with van der Waals surface area (Å²) >= 11 is 0. The molecule has 1 heterocycles. The molecule has 136 valence electrons. The molecule has 2 aromatic rings. The van der Waals surface area contributed by atoms with Gasteiger partial charge in [0.2, 0.25) is 0 Å². The molecule has 0 bridgehead atoms. The van der Waals surface area contributed by atoms with E-state index in [-0.39, 0.29) is 17.4 Å². The van der Waals surface area contributed by atoms with E-state index < -0.39 is 10.9 Å². The van der Waals surface area contributed by atoms with Crippen molar-refractivity contribution in [1.29, 1.82) is 0 Å². The molecule has 7 heteroatoms. The lowest BCUT2D eigenvalue weighted by Crippen LogP contribution is -2.38. The Bertz CT molecular complexity index is 836. The number of esters is 1. The zero-order chi connectivity index (χ0) is 18.7. The van der Waals surface area contributed by atoms with Gasteiger partial charge in [0.1, 0.15) is 11.7 Å². The number of hydrogen-bond donors (Lipinski definition) is 0. The number of methoxy groups -OCH3 is 1. The summed E-state index contributed by atoms with van der Waals surface area (Å²) in [6, 6.07) is 12.6. The van der Waals surface area contributed by atoms with Crippen molar-refractivity contribution < 1.29 is 19.2 Å². The molecule has 2 aromatic carbocycles. The number of hydrogen-bond acceptors (Lipinski definition) is 6. The van der Waals surface area contributed by atoms with Crippen LogP contribution in [-0.4, -0.2) is 37.7 Å². The van der Waals surface area contributed by atoms with Gasteiger partial charge in [-0.25, -0.2) is 4.79 Å². The highest BCUT2D eigenvalue weighted by molar-refractivity contribution is 5.95. The van der Waals surface area contributed by atoms with E-state index in [0.717, 1.165) is 16.8 Å². The Labute approximate surface area is 151 Å². The normalized spacial score (nSPS) is 17.0. The fraction of sp³-hybridized carbons (Fsp3) is 0.316. The van der Waals surface area contributed by atoms with Crippen molar-refractivity contribution in [3.63, 3.8) is 0 Å². The number of nitrogens with zero attached hydrogens (tertiary/aromatic N) is 2. The molecule has 0 saturated carbocycles. The van der Waals surface area contributed by atoms with E-state index in [1.807, 2.05) is 31.2 Å². The lowest BCUT2D eigenvalue weighted by Gasteiger charge is -2.35. The van der Waals surface area contributed by atoms with Crippen LogP contribution in [0.2, 0.25) is 0 Å². The van der Waals surface area contributed by atoms with E-state index in [0.29, 0.717) is 19.7 Å². The van der Waals surface area contributed by atoms with Gasteiger partial charge in [0, 0.05) is 24.8 Å². The number of carbonyl (C=O) groups is 1. The first-order valence-corrected chi connectivity index (χ1v) is 8.30. The van der Waals surface area contributed by atoms with Crippen LogP contribution in [0.1, 0.15) is 27.6 Å². The Hall–Kier alpha value is -2.93. The van der Waals surface area contributed by atoms with Gasteiger partial charge in [0.25, 0.3) is 5.69 Å². The molecule has 1 saturated heterocycles. The monoisotopic (exact) mass is 356 g/mol. The molecule has 1 aliphatic heterocycles. The predicted molar refractivity (Wildman–Crippen MR) is 96.5 cm³/mol. The molecular formula is C19H20N2O5. The smallest absolute Gasteiger partial charge is 0.344 e. The fourth-order valence-corrected chi connectivity index (χ4v) is 3.17. The number of morpholine rings is 1. The lowest BCUT2D eigenvalue weighted by molar-refractivity contribution is -0.385. The Morgan fingerprint density at radius 2 is 2.08 bits per heavy atom. The second kappa shape index (κ2) is 7.53. The molecule has 1 aliphatic rings. The van der Waals surface area contributed by atoms with Gasteiger partial charge >= 0.3 is 5.97 Å². The largest absolute Gasteiger partial charge is 0.465 e. The van der Waals surface area contributed by atoms with Crippen LogP contribution in [0.15, 0.2) is 42.5 Å². The van der Waals surface area contributed by atoms with E-state index >= 15 is 0 Å². The van der Waals surface area contributed by atoms with Crippen molar-refractivity contribution in [3.8, 4) is 0 Å². The van der Waals surface area contributed by atoms with Gasteiger partial charge in [-0.05, 0) is 30.2 Å². The highest BCUT2D eigenvalue weighted by Gasteiger charge is 2.26. The van der Waals surface area contributed by atoms with Gasteiger partial charge in [-0.1, -0.05) is 24.3 Å². The van der Waals surface area contributed by atoms with Crippen molar-refractivity contribution in [2.45, 2.75) is 13.0 Å². The molecule has 0 aromatic heterocycles. The lowest BCUT2D eigenvalue weighted by atomic mass is 10.0. The molecular weight excluding hydrogens is 336 g/mol. The van der Waals surface area contributed by atoms with Crippen LogP contribution in [0.5, 0.6) is 0 Å². The summed E-state index contributed by atoms with van der Waals surface area (Å²) in [5.41, 5.74) is 2.70. The first-order valence-electron chi connectivity index (χ1n) is 8.30. The predicted octanol–water partition coefficient (Wildman–Crippen LogP) is 3.27. The first-order chi connectivity index (χ1) is 12.5. The topological polar surface area (TPSA) is 81.9 Å². The maximum atomic E-state index is 11.9. The first kappa shape index (κ1) is 17.9. The molecule has 0 radical (unpaired) electrons. The van der Waals surface area contributed by atoms with Crippen molar-refractivity contribution >= 4 is 17.3 Å². The van der Waals surface area contributed by atoms with Crippen LogP contribution in [0.25, 0.3) is 0 Å². The minimum absolute atomic E-state index is 0.0473. The quantitative estimate of drug-likeness (QED) is 0.475. The minimum atomic E-state index is -0.720. The Kier molecular flexibility index (Phi) is 5.18. The average molecular weight is 356 g/mol. The SMILES string of the molecule is COC(=O)c1cc(N2CCOC(c3ccccc3C)C2)ccc1[N+](=O)[O-]. The molecule has 1 fully saturated rings. The van der Waals surface area contributed by atoms with Gasteiger partial charge in [-0.2, -0.15) is 0 Å². The van der Waals surface area contributed by atoms with Crippen molar-refractivity contribution in [1.82, 2.24) is 0 Å². The number of carbonyl (C=O) groups excluding carboxylic acids is 1. The number of rotatable bonds is 4. The van der Waals surface area contributed by atoms with Gasteiger partial charge in [-0.3, -0.25) is 10.1 Å². The highest BCUT2D eigenvalue weighted by Crippen LogP contribution is 2.31. The fourth-order valence-electron chi connectivity index (χ4n) is 3.17. The van der Waals surface area contributed by atoms with Crippen LogP contribution < -0.4 is 4.90 Å². The molecule has 7 nitrogen and oxygen atoms in total. The summed E-state index contributed by atoms with van der Waals surface area (Å²) in [4.78, 5) is 24.6. The Morgan fingerprint density at radius 1 is 1.31 bits per heavy atom. The zero-order valence-corrected chi connectivity index (χ0v) is 14.7. The summed E-state index contributed by atoms with van der Waals surface area (Å²) < 4.78 is 10.6. The number of nitro benzene ring substituents is 1. The van der Waals surface area contributed by atoms with E-state index in [9.17, 15) is 14.9 Å². The number of benzene rings is 2. The standard InChI is InChI=1S/C19H20N2O5/c1-13-5-3-4-6-15(13)18-12-20(9-10-26-18)14-7-8-17(21(23)24)16(11-14)19(22)25-2/h3-8,11,18H,9-10,12H2,1-2H3. The van der Waals surface area contributed by atoms with Gasteiger partial charge < -0.3 is 14.4 Å². The Morgan fingerprint density at radius 3 is 2.77 bits per heavy atom. The third-order valence-corrected chi connectivity index (χ3v) is 4.55. The van der Waals surface area contributed by atoms with E-state index in [2.05, 4.69) is 9.64 Å². The summed E-state index contributed by atoms with van der Waals surface area (Å²) in [5, 5.41) is 11.2. The Balaban J connectivity index is 1.90. The van der Waals surface area contributed by atoms with Crippen molar-refractivity contribution in [3.05, 3.63) is 69.3 Å². The van der Waals surface area contributed by atoms with Crippen LogP contribution in [0, 0.1) is 17.0 Å². The molecule has 1 unspecified atom stereocenters. The van der Waals surface area contributed by atoms with Crippen molar-refractivity contribution in [2.75, 3.05) is 31.7 Å². The van der Waals surface area contributed by atoms with E-state index in [1.54, 1.807) is 6.07 Å². The number of aryl methyl sites for hydroxylation is 1. The highest BCUT2D eigenvalue weighted by atomic mass is 16.6. The van der Waals surface area contributed by atoms with E-state index in [1.165, 1.54) is 19.2 Å². The van der Waals surface area contributed by atoms with Crippen LogP contribution in [0.4, 0.5) is 11.4 Å². The molecule has 0 spiro atoms.